The number of carbonyl (C=O) groups excluding carboxylic acids is 2. The highest BCUT2D eigenvalue weighted by Gasteiger charge is 2.21. The number of carbonyl (C=O) groups is 2. The van der Waals surface area contributed by atoms with Gasteiger partial charge in [0, 0.05) is 20.0 Å². The predicted octanol–water partition coefficient (Wildman–Crippen LogP) is -1.78. The second-order valence-electron chi connectivity index (χ2n) is 3.41. The minimum Gasteiger partial charge on any atom is -0.392 e. The Balaban J connectivity index is 2.17. The molecule has 80 valence electrons. The van der Waals surface area contributed by atoms with Crippen molar-refractivity contribution in [3.8, 4) is 0 Å². The predicted molar refractivity (Wildman–Crippen MR) is 49.0 cm³/mol. The van der Waals surface area contributed by atoms with Gasteiger partial charge in [0.1, 0.15) is 0 Å². The number of rotatable bonds is 2. The lowest BCUT2D eigenvalue weighted by atomic mass is 10.3. The van der Waals surface area contributed by atoms with Crippen LogP contribution in [0.3, 0.4) is 0 Å². The first-order valence-corrected chi connectivity index (χ1v) is 4.54. The average molecular weight is 201 g/mol. The van der Waals surface area contributed by atoms with E-state index in [1.807, 2.05) is 4.90 Å². The van der Waals surface area contributed by atoms with E-state index in [9.17, 15) is 14.7 Å². The maximum atomic E-state index is 11.2. The maximum Gasteiger partial charge on any atom is 0.252 e. The lowest BCUT2D eigenvalue weighted by molar-refractivity contribution is -0.128. The van der Waals surface area contributed by atoms with Crippen LogP contribution in [0.4, 0.5) is 0 Å². The van der Waals surface area contributed by atoms with Gasteiger partial charge in [0.2, 0.25) is 5.91 Å². The zero-order valence-electron chi connectivity index (χ0n) is 8.12. The maximum absolute atomic E-state index is 11.2. The van der Waals surface area contributed by atoms with Crippen LogP contribution in [0.1, 0.15) is 13.3 Å². The van der Waals surface area contributed by atoms with Crippen molar-refractivity contribution in [2.45, 2.75) is 19.4 Å². The number of hydrogen-bond acceptors (Lipinski definition) is 4. The molecule has 14 heavy (non-hydrogen) atoms. The summed E-state index contributed by atoms with van der Waals surface area (Å²) in [5.41, 5.74) is 4.46. The summed E-state index contributed by atoms with van der Waals surface area (Å²) < 4.78 is 0. The molecule has 0 bridgehead atoms. The fourth-order valence-electron chi connectivity index (χ4n) is 1.36. The number of hydrazine groups is 1. The fourth-order valence-corrected chi connectivity index (χ4v) is 1.36. The number of amides is 2. The number of aliphatic hydroxyl groups is 1. The molecular formula is C8H15N3O3. The van der Waals surface area contributed by atoms with Crippen molar-refractivity contribution < 1.29 is 14.7 Å². The van der Waals surface area contributed by atoms with Crippen LogP contribution >= 0.6 is 0 Å². The van der Waals surface area contributed by atoms with Gasteiger partial charge in [0.15, 0.2) is 0 Å². The largest absolute Gasteiger partial charge is 0.392 e. The molecule has 1 heterocycles. The highest BCUT2D eigenvalue weighted by Crippen LogP contribution is 2.07. The number of nitrogens with zero attached hydrogens (tertiary/aromatic N) is 1. The highest BCUT2D eigenvalue weighted by molar-refractivity contribution is 5.81. The van der Waals surface area contributed by atoms with Crippen LogP contribution in [-0.4, -0.2) is 47.6 Å². The summed E-state index contributed by atoms with van der Waals surface area (Å²) >= 11 is 0. The Morgan fingerprint density at radius 1 is 1.50 bits per heavy atom. The summed E-state index contributed by atoms with van der Waals surface area (Å²) in [4.78, 5) is 23.5. The molecule has 0 radical (unpaired) electrons. The van der Waals surface area contributed by atoms with Crippen molar-refractivity contribution in [2.24, 2.45) is 0 Å². The minimum absolute atomic E-state index is 0.206. The molecule has 0 aliphatic carbocycles. The zero-order valence-corrected chi connectivity index (χ0v) is 8.12. The van der Waals surface area contributed by atoms with Crippen LogP contribution in [0.2, 0.25) is 0 Å². The molecule has 2 amide bonds. The smallest absolute Gasteiger partial charge is 0.252 e. The fraction of sp³-hybridized carbons (Fsp3) is 0.750. The van der Waals surface area contributed by atoms with Crippen molar-refractivity contribution in [1.82, 2.24) is 15.8 Å². The molecule has 1 saturated heterocycles. The van der Waals surface area contributed by atoms with Crippen LogP contribution in [0.15, 0.2) is 0 Å². The molecule has 0 unspecified atom stereocenters. The normalized spacial score (nSPS) is 22.0. The Kier molecular flexibility index (Phi) is 3.84. The number of likely N-dealkylation sites (tertiary alicyclic amines) is 1. The number of nitrogens with one attached hydrogen (secondary N) is 2. The van der Waals surface area contributed by atoms with Gasteiger partial charge in [-0.3, -0.25) is 25.3 Å². The zero-order chi connectivity index (χ0) is 10.6. The first-order valence-electron chi connectivity index (χ1n) is 4.54. The topological polar surface area (TPSA) is 81.7 Å². The Morgan fingerprint density at radius 3 is 2.71 bits per heavy atom. The molecule has 1 aliphatic rings. The van der Waals surface area contributed by atoms with Crippen LogP contribution in [0.25, 0.3) is 0 Å². The van der Waals surface area contributed by atoms with E-state index in [-0.39, 0.29) is 24.5 Å². The highest BCUT2D eigenvalue weighted by atomic mass is 16.3. The van der Waals surface area contributed by atoms with E-state index in [0.29, 0.717) is 19.5 Å². The van der Waals surface area contributed by atoms with Crippen molar-refractivity contribution in [3.05, 3.63) is 0 Å². The minimum atomic E-state index is -0.330. The van der Waals surface area contributed by atoms with Crippen molar-refractivity contribution >= 4 is 11.8 Å². The van der Waals surface area contributed by atoms with E-state index in [2.05, 4.69) is 10.9 Å². The molecule has 6 heteroatoms. The molecular weight excluding hydrogens is 186 g/mol. The lowest BCUT2D eigenvalue weighted by Crippen LogP contribution is -2.45. The number of hydrogen-bond donors (Lipinski definition) is 3. The second-order valence-corrected chi connectivity index (χ2v) is 3.41. The van der Waals surface area contributed by atoms with E-state index >= 15 is 0 Å². The van der Waals surface area contributed by atoms with Gasteiger partial charge < -0.3 is 5.11 Å². The molecule has 1 aliphatic heterocycles. The number of β-amino-alcohol motifs (C(OH)–C–C–N with tert-alkyl or cyclic N) is 1. The van der Waals surface area contributed by atoms with E-state index < -0.39 is 0 Å². The van der Waals surface area contributed by atoms with Gasteiger partial charge >= 0.3 is 0 Å². The van der Waals surface area contributed by atoms with Gasteiger partial charge in [-0.25, -0.2) is 0 Å². The van der Waals surface area contributed by atoms with Crippen molar-refractivity contribution in [2.75, 3.05) is 19.6 Å². The molecule has 1 rings (SSSR count). The monoisotopic (exact) mass is 201 g/mol. The Morgan fingerprint density at radius 2 is 2.21 bits per heavy atom. The SMILES string of the molecule is CC(=O)NNC(=O)CN1CC[C@@H](O)C1. The Labute approximate surface area is 82.2 Å². The summed E-state index contributed by atoms with van der Waals surface area (Å²) in [5, 5.41) is 9.19. The molecule has 1 atom stereocenters. The molecule has 1 fully saturated rings. The van der Waals surface area contributed by atoms with E-state index in [4.69, 9.17) is 0 Å². The third-order valence-corrected chi connectivity index (χ3v) is 1.99. The summed E-state index contributed by atoms with van der Waals surface area (Å²) in [5.74, 6) is -0.575. The summed E-state index contributed by atoms with van der Waals surface area (Å²) in [7, 11) is 0. The van der Waals surface area contributed by atoms with E-state index in [1.54, 1.807) is 0 Å². The third kappa shape index (κ3) is 3.71. The average Bonchev–Trinajstić information content (AvgIpc) is 2.48. The lowest BCUT2D eigenvalue weighted by Gasteiger charge is -2.14. The van der Waals surface area contributed by atoms with Gasteiger partial charge in [0.05, 0.1) is 12.6 Å². The van der Waals surface area contributed by atoms with Gasteiger partial charge in [-0.15, -0.1) is 0 Å². The van der Waals surface area contributed by atoms with E-state index in [0.717, 1.165) is 0 Å². The van der Waals surface area contributed by atoms with Gasteiger partial charge in [-0.05, 0) is 6.42 Å². The summed E-state index contributed by atoms with van der Waals surface area (Å²) in [6, 6.07) is 0. The standard InChI is InChI=1S/C8H15N3O3/c1-6(12)9-10-8(14)5-11-3-2-7(13)4-11/h7,13H,2-5H2,1H3,(H,9,12)(H,10,14)/t7-/m1/s1. The van der Waals surface area contributed by atoms with E-state index in [1.165, 1.54) is 6.92 Å². The molecule has 0 aromatic rings. The summed E-state index contributed by atoms with van der Waals surface area (Å²) in [6.45, 7) is 2.76. The molecule has 0 aromatic carbocycles. The Bertz CT molecular complexity index is 232. The molecule has 6 nitrogen and oxygen atoms in total. The third-order valence-electron chi connectivity index (χ3n) is 1.99. The first kappa shape index (κ1) is 10.9. The molecule has 0 spiro atoms. The molecule has 0 saturated carbocycles. The van der Waals surface area contributed by atoms with Gasteiger partial charge in [-0.2, -0.15) is 0 Å². The molecule has 3 N–H and O–H groups in total. The van der Waals surface area contributed by atoms with Gasteiger partial charge in [0.25, 0.3) is 5.91 Å². The first-order chi connectivity index (χ1) is 6.58. The van der Waals surface area contributed by atoms with Crippen LogP contribution in [0, 0.1) is 0 Å². The summed E-state index contributed by atoms with van der Waals surface area (Å²) in [6.07, 6.45) is 0.372. The van der Waals surface area contributed by atoms with Crippen LogP contribution < -0.4 is 10.9 Å². The number of aliphatic hydroxyl groups excluding tert-OH is 1. The van der Waals surface area contributed by atoms with Gasteiger partial charge in [-0.1, -0.05) is 0 Å². The quantitative estimate of drug-likeness (QED) is 0.461. The van der Waals surface area contributed by atoms with Crippen molar-refractivity contribution in [3.63, 3.8) is 0 Å². The Hall–Kier alpha value is -1.14. The second kappa shape index (κ2) is 4.92. The molecule has 0 aromatic heterocycles. The van der Waals surface area contributed by atoms with Crippen LogP contribution in [-0.2, 0) is 9.59 Å². The van der Waals surface area contributed by atoms with Crippen molar-refractivity contribution in [1.29, 1.82) is 0 Å². The van der Waals surface area contributed by atoms with Crippen LogP contribution in [0.5, 0.6) is 0 Å².